The van der Waals surface area contributed by atoms with E-state index < -0.39 is 6.09 Å². The van der Waals surface area contributed by atoms with Gasteiger partial charge < -0.3 is 14.2 Å². The number of hydrazone groups is 1. The SMILES string of the molecule is CCOC(=O)N/N=C/c1ccccc1OCCOc1ccc(C(C)(C)C)cc1. The third-order valence-corrected chi connectivity index (χ3v) is 3.88. The average molecular weight is 384 g/mol. The largest absolute Gasteiger partial charge is 0.490 e. The number of amides is 1. The molecule has 0 aliphatic carbocycles. The second kappa shape index (κ2) is 10.3. The Morgan fingerprint density at radius 3 is 2.39 bits per heavy atom. The highest BCUT2D eigenvalue weighted by atomic mass is 16.6. The predicted molar refractivity (Wildman–Crippen MR) is 110 cm³/mol. The van der Waals surface area contributed by atoms with Crippen molar-refractivity contribution >= 4 is 12.3 Å². The number of nitrogens with one attached hydrogen (secondary N) is 1. The summed E-state index contributed by atoms with van der Waals surface area (Å²) in [5, 5.41) is 3.86. The van der Waals surface area contributed by atoms with E-state index in [1.807, 2.05) is 36.4 Å². The van der Waals surface area contributed by atoms with E-state index >= 15 is 0 Å². The average Bonchev–Trinajstić information content (AvgIpc) is 2.66. The Bertz CT molecular complexity index is 780. The first-order valence-corrected chi connectivity index (χ1v) is 9.31. The van der Waals surface area contributed by atoms with Crippen LogP contribution in [0.4, 0.5) is 4.79 Å². The highest BCUT2D eigenvalue weighted by Crippen LogP contribution is 2.24. The van der Waals surface area contributed by atoms with Gasteiger partial charge in [0.15, 0.2) is 0 Å². The van der Waals surface area contributed by atoms with E-state index in [1.165, 1.54) is 11.8 Å². The van der Waals surface area contributed by atoms with Gasteiger partial charge in [-0.05, 0) is 42.2 Å². The van der Waals surface area contributed by atoms with Crippen molar-refractivity contribution in [3.63, 3.8) is 0 Å². The summed E-state index contributed by atoms with van der Waals surface area (Å²) in [6.07, 6.45) is 0.918. The highest BCUT2D eigenvalue weighted by molar-refractivity contribution is 5.84. The van der Waals surface area contributed by atoms with Crippen LogP contribution in [0.1, 0.15) is 38.8 Å². The monoisotopic (exact) mass is 384 g/mol. The Labute approximate surface area is 166 Å². The summed E-state index contributed by atoms with van der Waals surface area (Å²) in [4.78, 5) is 11.2. The second-order valence-electron chi connectivity index (χ2n) is 7.10. The smallest absolute Gasteiger partial charge is 0.427 e. The lowest BCUT2D eigenvalue weighted by Gasteiger charge is -2.19. The summed E-state index contributed by atoms with van der Waals surface area (Å²) in [6, 6.07) is 15.5. The fourth-order valence-corrected chi connectivity index (χ4v) is 2.40. The van der Waals surface area contributed by atoms with Gasteiger partial charge in [-0.3, -0.25) is 0 Å². The predicted octanol–water partition coefficient (Wildman–Crippen LogP) is 4.52. The molecule has 0 unspecified atom stereocenters. The minimum absolute atomic E-state index is 0.120. The van der Waals surface area contributed by atoms with Gasteiger partial charge in [0.1, 0.15) is 24.7 Å². The van der Waals surface area contributed by atoms with Crippen LogP contribution >= 0.6 is 0 Å². The Balaban J connectivity index is 1.83. The molecule has 1 N–H and O–H groups in total. The van der Waals surface area contributed by atoms with Gasteiger partial charge in [0.05, 0.1) is 12.8 Å². The van der Waals surface area contributed by atoms with Crippen LogP contribution in [0.15, 0.2) is 53.6 Å². The molecule has 0 saturated carbocycles. The number of carbonyl (C=O) groups excluding carboxylic acids is 1. The summed E-state index contributed by atoms with van der Waals surface area (Å²) in [7, 11) is 0. The van der Waals surface area contributed by atoms with E-state index in [1.54, 1.807) is 6.92 Å². The molecule has 0 aromatic heterocycles. The maximum Gasteiger partial charge on any atom is 0.427 e. The van der Waals surface area contributed by atoms with Gasteiger partial charge in [0.2, 0.25) is 0 Å². The van der Waals surface area contributed by atoms with Crippen molar-refractivity contribution < 1.29 is 19.0 Å². The molecule has 0 spiro atoms. The van der Waals surface area contributed by atoms with E-state index in [-0.39, 0.29) is 5.41 Å². The first-order valence-electron chi connectivity index (χ1n) is 9.31. The van der Waals surface area contributed by atoms with Crippen LogP contribution in [0.5, 0.6) is 11.5 Å². The van der Waals surface area contributed by atoms with Gasteiger partial charge in [-0.25, -0.2) is 10.2 Å². The fraction of sp³-hybridized carbons (Fsp3) is 0.364. The Morgan fingerprint density at radius 1 is 1.04 bits per heavy atom. The lowest BCUT2D eigenvalue weighted by molar-refractivity contribution is 0.152. The van der Waals surface area contributed by atoms with Crippen LogP contribution < -0.4 is 14.9 Å². The van der Waals surface area contributed by atoms with Crippen LogP contribution in [0.3, 0.4) is 0 Å². The van der Waals surface area contributed by atoms with Crippen molar-refractivity contribution in [2.75, 3.05) is 19.8 Å². The molecule has 0 atom stereocenters. The molecule has 0 aliphatic heterocycles. The molecule has 2 aromatic carbocycles. The summed E-state index contributed by atoms with van der Waals surface area (Å²) in [6.45, 7) is 9.37. The molecule has 150 valence electrons. The number of rotatable bonds is 8. The highest BCUT2D eigenvalue weighted by Gasteiger charge is 2.12. The molecule has 6 heteroatoms. The normalized spacial score (nSPS) is 11.3. The molecule has 2 rings (SSSR count). The number of benzene rings is 2. The zero-order valence-corrected chi connectivity index (χ0v) is 16.9. The molecule has 6 nitrogen and oxygen atoms in total. The summed E-state index contributed by atoms with van der Waals surface area (Å²) >= 11 is 0. The van der Waals surface area contributed by atoms with E-state index in [0.717, 1.165) is 11.3 Å². The van der Waals surface area contributed by atoms with Gasteiger partial charge in [0, 0.05) is 5.56 Å². The minimum atomic E-state index is -0.594. The van der Waals surface area contributed by atoms with Crippen molar-refractivity contribution in [3.05, 3.63) is 59.7 Å². The molecule has 0 aliphatic rings. The maximum absolute atomic E-state index is 11.2. The minimum Gasteiger partial charge on any atom is -0.490 e. The van der Waals surface area contributed by atoms with Crippen molar-refractivity contribution in [3.8, 4) is 11.5 Å². The number of carbonyl (C=O) groups is 1. The van der Waals surface area contributed by atoms with Crippen LogP contribution in [0.2, 0.25) is 0 Å². The van der Waals surface area contributed by atoms with Crippen LogP contribution in [-0.2, 0) is 10.2 Å². The van der Waals surface area contributed by atoms with Crippen molar-refractivity contribution in [1.82, 2.24) is 5.43 Å². The van der Waals surface area contributed by atoms with Crippen molar-refractivity contribution in [2.24, 2.45) is 5.10 Å². The molecule has 0 saturated heterocycles. The molecule has 0 radical (unpaired) electrons. The van der Waals surface area contributed by atoms with Crippen molar-refractivity contribution in [1.29, 1.82) is 0 Å². The fourth-order valence-electron chi connectivity index (χ4n) is 2.40. The first-order chi connectivity index (χ1) is 13.4. The number of hydrogen-bond donors (Lipinski definition) is 1. The molecular weight excluding hydrogens is 356 g/mol. The maximum atomic E-state index is 11.2. The lowest BCUT2D eigenvalue weighted by atomic mass is 9.87. The van der Waals surface area contributed by atoms with Crippen LogP contribution in [-0.4, -0.2) is 32.1 Å². The van der Waals surface area contributed by atoms with Gasteiger partial charge in [-0.2, -0.15) is 5.10 Å². The quantitative estimate of drug-likeness (QED) is 0.413. The Morgan fingerprint density at radius 2 is 1.71 bits per heavy atom. The molecule has 0 fully saturated rings. The third kappa shape index (κ3) is 6.95. The Hall–Kier alpha value is -3.02. The molecular formula is C22H28N2O4. The van der Waals surface area contributed by atoms with Crippen LogP contribution in [0.25, 0.3) is 0 Å². The molecule has 1 amide bonds. The third-order valence-electron chi connectivity index (χ3n) is 3.88. The second-order valence-corrected chi connectivity index (χ2v) is 7.10. The number of ether oxygens (including phenoxy) is 3. The molecule has 2 aromatic rings. The van der Waals surface area contributed by atoms with E-state index in [0.29, 0.717) is 25.6 Å². The number of hydrogen-bond acceptors (Lipinski definition) is 5. The lowest BCUT2D eigenvalue weighted by Crippen LogP contribution is -2.18. The molecule has 0 bridgehead atoms. The van der Waals surface area contributed by atoms with E-state index in [2.05, 4.69) is 43.4 Å². The van der Waals surface area contributed by atoms with Gasteiger partial charge >= 0.3 is 6.09 Å². The van der Waals surface area contributed by atoms with Crippen molar-refractivity contribution in [2.45, 2.75) is 33.1 Å². The van der Waals surface area contributed by atoms with Gasteiger partial charge in [0.25, 0.3) is 0 Å². The molecule has 0 heterocycles. The van der Waals surface area contributed by atoms with E-state index in [4.69, 9.17) is 14.2 Å². The van der Waals surface area contributed by atoms with Crippen LogP contribution in [0, 0.1) is 0 Å². The van der Waals surface area contributed by atoms with Gasteiger partial charge in [-0.15, -0.1) is 0 Å². The number of nitrogens with zero attached hydrogens (tertiary/aromatic N) is 1. The van der Waals surface area contributed by atoms with Gasteiger partial charge in [-0.1, -0.05) is 45.0 Å². The standard InChI is InChI=1S/C22H28N2O4/c1-5-26-21(25)24-23-16-17-8-6-7-9-20(17)28-15-14-27-19-12-10-18(11-13-19)22(2,3)4/h6-13,16H,5,14-15H2,1-4H3,(H,24,25)/b23-16+. The Kier molecular flexibility index (Phi) is 7.87. The summed E-state index contributed by atoms with van der Waals surface area (Å²) in [5.41, 5.74) is 4.42. The summed E-state index contributed by atoms with van der Waals surface area (Å²) in [5.74, 6) is 1.47. The zero-order chi connectivity index (χ0) is 20.4. The topological polar surface area (TPSA) is 69.2 Å². The number of para-hydroxylation sites is 1. The zero-order valence-electron chi connectivity index (χ0n) is 16.9. The van der Waals surface area contributed by atoms with E-state index in [9.17, 15) is 4.79 Å². The molecule has 28 heavy (non-hydrogen) atoms. The first kappa shape index (κ1) is 21.3. The summed E-state index contributed by atoms with van der Waals surface area (Å²) < 4.78 is 16.3.